The van der Waals surface area contributed by atoms with Crippen LogP contribution in [-0.4, -0.2) is 49.7 Å². The zero-order chi connectivity index (χ0) is 19.4. The predicted molar refractivity (Wildman–Crippen MR) is 96.5 cm³/mol. The minimum absolute atomic E-state index is 0.0675. The molecule has 2 aromatic rings. The third kappa shape index (κ3) is 4.70. The molecule has 0 spiro atoms. The number of rotatable bonds is 5. The number of benzene rings is 2. The van der Waals surface area contributed by atoms with Gasteiger partial charge in [-0.05, 0) is 42.3 Å². The van der Waals surface area contributed by atoms with Crippen LogP contribution < -0.4 is 0 Å². The number of nitrogens with zero attached hydrogens (tertiary/aromatic N) is 2. The topological polar surface area (TPSA) is 57.7 Å². The van der Waals surface area contributed by atoms with Crippen molar-refractivity contribution in [3.63, 3.8) is 0 Å². The summed E-state index contributed by atoms with van der Waals surface area (Å²) in [7, 11) is -3.77. The summed E-state index contributed by atoms with van der Waals surface area (Å²) in [5, 5.41) is 0. The molecule has 1 fully saturated rings. The third-order valence-electron chi connectivity index (χ3n) is 4.57. The van der Waals surface area contributed by atoms with Gasteiger partial charge in [0.05, 0.1) is 4.90 Å². The molecule has 0 bridgehead atoms. The molecule has 1 saturated heterocycles. The van der Waals surface area contributed by atoms with Crippen molar-refractivity contribution in [1.29, 1.82) is 0 Å². The fourth-order valence-corrected chi connectivity index (χ4v) is 4.47. The molecule has 3 rings (SSSR count). The van der Waals surface area contributed by atoms with Crippen LogP contribution in [0.2, 0.25) is 0 Å². The maximum atomic E-state index is 13.3. The van der Waals surface area contributed by atoms with Gasteiger partial charge in [0.2, 0.25) is 15.9 Å². The Morgan fingerprint density at radius 2 is 1.59 bits per heavy atom. The SMILES string of the molecule is O=C(CCc1ccc(F)cc1)N1CCN(S(=O)(=O)c2cccc(F)c2)CC1. The van der Waals surface area contributed by atoms with E-state index in [1.807, 2.05) is 0 Å². The molecule has 8 heteroatoms. The van der Waals surface area contributed by atoms with E-state index in [9.17, 15) is 22.0 Å². The lowest BCUT2D eigenvalue weighted by atomic mass is 10.1. The van der Waals surface area contributed by atoms with Gasteiger partial charge in [-0.2, -0.15) is 4.31 Å². The van der Waals surface area contributed by atoms with Crippen molar-refractivity contribution in [2.75, 3.05) is 26.2 Å². The number of hydrogen-bond acceptors (Lipinski definition) is 3. The van der Waals surface area contributed by atoms with Crippen LogP contribution in [0, 0.1) is 11.6 Å². The molecule has 27 heavy (non-hydrogen) atoms. The minimum Gasteiger partial charge on any atom is -0.340 e. The molecule has 1 aliphatic rings. The minimum atomic E-state index is -3.77. The Morgan fingerprint density at radius 1 is 0.926 bits per heavy atom. The summed E-state index contributed by atoms with van der Waals surface area (Å²) in [5.41, 5.74) is 0.872. The number of hydrogen-bond donors (Lipinski definition) is 0. The fourth-order valence-electron chi connectivity index (χ4n) is 3.01. The van der Waals surface area contributed by atoms with Crippen molar-refractivity contribution in [3.8, 4) is 0 Å². The first-order chi connectivity index (χ1) is 12.9. The zero-order valence-electron chi connectivity index (χ0n) is 14.6. The predicted octanol–water partition coefficient (Wildman–Crippen LogP) is 2.43. The molecular weight excluding hydrogens is 374 g/mol. The first-order valence-electron chi connectivity index (χ1n) is 8.64. The molecule has 5 nitrogen and oxygen atoms in total. The lowest BCUT2D eigenvalue weighted by Gasteiger charge is -2.34. The zero-order valence-corrected chi connectivity index (χ0v) is 15.5. The lowest BCUT2D eigenvalue weighted by Crippen LogP contribution is -2.50. The van der Waals surface area contributed by atoms with E-state index in [1.54, 1.807) is 17.0 Å². The second-order valence-corrected chi connectivity index (χ2v) is 8.31. The Kier molecular flexibility index (Phi) is 5.86. The van der Waals surface area contributed by atoms with E-state index in [2.05, 4.69) is 0 Å². The van der Waals surface area contributed by atoms with Crippen molar-refractivity contribution in [3.05, 3.63) is 65.7 Å². The van der Waals surface area contributed by atoms with Gasteiger partial charge in [0.25, 0.3) is 0 Å². The largest absolute Gasteiger partial charge is 0.340 e. The maximum absolute atomic E-state index is 13.3. The number of amides is 1. The van der Waals surface area contributed by atoms with Gasteiger partial charge >= 0.3 is 0 Å². The van der Waals surface area contributed by atoms with E-state index in [0.717, 1.165) is 11.6 Å². The van der Waals surface area contributed by atoms with E-state index in [4.69, 9.17) is 0 Å². The molecule has 0 radical (unpaired) electrons. The number of halogens is 2. The molecule has 1 amide bonds. The van der Waals surface area contributed by atoms with E-state index < -0.39 is 15.8 Å². The van der Waals surface area contributed by atoms with Gasteiger partial charge < -0.3 is 4.90 Å². The summed E-state index contributed by atoms with van der Waals surface area (Å²) in [4.78, 5) is 13.9. The van der Waals surface area contributed by atoms with Crippen LogP contribution in [0.4, 0.5) is 8.78 Å². The van der Waals surface area contributed by atoms with Gasteiger partial charge in [-0.3, -0.25) is 4.79 Å². The van der Waals surface area contributed by atoms with E-state index in [-0.39, 0.29) is 49.2 Å². The summed E-state index contributed by atoms with van der Waals surface area (Å²) >= 11 is 0. The molecule has 0 unspecified atom stereocenters. The van der Waals surface area contributed by atoms with Crippen LogP contribution in [0.1, 0.15) is 12.0 Å². The molecule has 1 heterocycles. The number of aryl methyl sites for hydroxylation is 1. The van der Waals surface area contributed by atoms with Crippen LogP contribution >= 0.6 is 0 Å². The molecule has 0 atom stereocenters. The Bertz CT molecular complexity index is 909. The average Bonchev–Trinajstić information content (AvgIpc) is 2.67. The van der Waals surface area contributed by atoms with Crippen molar-refractivity contribution in [2.45, 2.75) is 17.7 Å². The summed E-state index contributed by atoms with van der Waals surface area (Å²) < 4.78 is 52.7. The number of piperazine rings is 1. The quantitative estimate of drug-likeness (QED) is 0.783. The molecule has 1 aliphatic heterocycles. The van der Waals surface area contributed by atoms with Gasteiger partial charge in [0, 0.05) is 32.6 Å². The highest BCUT2D eigenvalue weighted by Gasteiger charge is 2.30. The Labute approximate surface area is 157 Å². The molecule has 0 aliphatic carbocycles. The average molecular weight is 394 g/mol. The molecule has 144 valence electrons. The normalized spacial score (nSPS) is 15.7. The molecule has 0 saturated carbocycles. The van der Waals surface area contributed by atoms with Crippen LogP contribution in [0.25, 0.3) is 0 Å². The molecular formula is C19H20F2N2O3S. The Hall–Kier alpha value is -2.32. The fraction of sp³-hybridized carbons (Fsp3) is 0.316. The summed E-state index contributed by atoms with van der Waals surface area (Å²) in [6, 6.07) is 10.9. The standard InChI is InChI=1S/C19H20F2N2O3S/c20-16-7-4-15(5-8-16)6-9-19(24)22-10-12-23(13-11-22)27(25,26)18-3-1-2-17(21)14-18/h1-5,7-8,14H,6,9-13H2. The summed E-state index contributed by atoms with van der Waals surface area (Å²) in [6.45, 7) is 0.913. The van der Waals surface area contributed by atoms with Crippen LogP contribution in [0.5, 0.6) is 0 Å². The van der Waals surface area contributed by atoms with Gasteiger partial charge in [-0.15, -0.1) is 0 Å². The second-order valence-electron chi connectivity index (χ2n) is 6.37. The number of carbonyl (C=O) groups excluding carboxylic acids is 1. The first-order valence-corrected chi connectivity index (χ1v) is 10.1. The number of carbonyl (C=O) groups is 1. The van der Waals surface area contributed by atoms with Gasteiger partial charge in [-0.25, -0.2) is 17.2 Å². The van der Waals surface area contributed by atoms with Crippen molar-refractivity contribution < 1.29 is 22.0 Å². The second kappa shape index (κ2) is 8.14. The Balaban J connectivity index is 1.55. The van der Waals surface area contributed by atoms with E-state index in [1.165, 1.54) is 34.6 Å². The van der Waals surface area contributed by atoms with E-state index in [0.29, 0.717) is 6.42 Å². The number of sulfonamides is 1. The van der Waals surface area contributed by atoms with Crippen molar-refractivity contribution in [1.82, 2.24) is 9.21 Å². The first kappa shape index (κ1) is 19.4. The smallest absolute Gasteiger partial charge is 0.243 e. The maximum Gasteiger partial charge on any atom is 0.243 e. The molecule has 0 aromatic heterocycles. The van der Waals surface area contributed by atoms with Crippen molar-refractivity contribution >= 4 is 15.9 Å². The Morgan fingerprint density at radius 3 is 2.22 bits per heavy atom. The highest BCUT2D eigenvalue weighted by molar-refractivity contribution is 7.89. The van der Waals surface area contributed by atoms with Gasteiger partial charge in [-0.1, -0.05) is 18.2 Å². The van der Waals surface area contributed by atoms with Crippen LogP contribution in [-0.2, 0) is 21.2 Å². The monoisotopic (exact) mass is 394 g/mol. The van der Waals surface area contributed by atoms with Gasteiger partial charge in [0.1, 0.15) is 11.6 Å². The molecule has 0 N–H and O–H groups in total. The van der Waals surface area contributed by atoms with Gasteiger partial charge in [0.15, 0.2) is 0 Å². The van der Waals surface area contributed by atoms with Crippen LogP contribution in [0.3, 0.4) is 0 Å². The summed E-state index contributed by atoms with van der Waals surface area (Å²) in [5.74, 6) is -0.992. The highest BCUT2D eigenvalue weighted by atomic mass is 32.2. The molecule has 2 aromatic carbocycles. The van der Waals surface area contributed by atoms with Crippen LogP contribution in [0.15, 0.2) is 53.4 Å². The van der Waals surface area contributed by atoms with Crippen molar-refractivity contribution in [2.24, 2.45) is 0 Å². The van der Waals surface area contributed by atoms with E-state index >= 15 is 0 Å². The third-order valence-corrected chi connectivity index (χ3v) is 6.46. The lowest BCUT2D eigenvalue weighted by molar-refractivity contribution is -0.132. The highest BCUT2D eigenvalue weighted by Crippen LogP contribution is 2.19. The summed E-state index contributed by atoms with van der Waals surface area (Å²) in [6.07, 6.45) is 0.781.